The first-order chi connectivity index (χ1) is 6.49. The molecule has 1 atom stereocenters. The third-order valence-corrected chi connectivity index (χ3v) is 2.61. The van der Waals surface area contributed by atoms with Crippen molar-refractivity contribution in [3.8, 4) is 0 Å². The Kier molecular flexibility index (Phi) is 6.81. The number of carbonyl (C=O) groups excluding carboxylic acids is 1. The van der Waals surface area contributed by atoms with Crippen LogP contribution in [-0.4, -0.2) is 29.3 Å². The molecule has 0 saturated heterocycles. The number of nitrogens with zero attached hydrogens (tertiary/aromatic N) is 1. The van der Waals surface area contributed by atoms with E-state index in [2.05, 4.69) is 32.6 Å². The lowest BCUT2D eigenvalue weighted by atomic mass is 10.1. The molecule has 0 N–H and O–H groups in total. The van der Waals surface area contributed by atoms with Gasteiger partial charge in [0.2, 0.25) is 0 Å². The molecule has 0 rings (SSSR count). The van der Waals surface area contributed by atoms with Crippen molar-refractivity contribution in [3.05, 3.63) is 0 Å². The minimum atomic E-state index is 0.266. The smallest absolute Gasteiger partial charge is 0.143 e. The van der Waals surface area contributed by atoms with E-state index in [9.17, 15) is 4.79 Å². The third kappa shape index (κ3) is 5.38. The van der Waals surface area contributed by atoms with Gasteiger partial charge in [-0.1, -0.05) is 19.8 Å². The van der Waals surface area contributed by atoms with Gasteiger partial charge in [-0.2, -0.15) is 0 Å². The van der Waals surface area contributed by atoms with Gasteiger partial charge in [0.25, 0.3) is 0 Å². The highest BCUT2D eigenvalue weighted by atomic mass is 16.1. The third-order valence-electron chi connectivity index (χ3n) is 2.61. The van der Waals surface area contributed by atoms with Crippen molar-refractivity contribution < 1.29 is 4.79 Å². The molecule has 0 saturated carbocycles. The Bertz CT molecular complexity index is 166. The predicted octanol–water partition coefficient (Wildman–Crippen LogP) is 2.86. The molecule has 0 aliphatic rings. The van der Waals surface area contributed by atoms with Gasteiger partial charge in [0.15, 0.2) is 0 Å². The molecule has 2 nitrogen and oxygen atoms in total. The van der Waals surface area contributed by atoms with Crippen LogP contribution in [0.4, 0.5) is 0 Å². The molecule has 0 fully saturated rings. The first-order valence-corrected chi connectivity index (χ1v) is 5.74. The number of ketones is 1. The van der Waals surface area contributed by atoms with Gasteiger partial charge in [-0.15, -0.1) is 0 Å². The monoisotopic (exact) mass is 199 g/mol. The van der Waals surface area contributed by atoms with E-state index in [0.29, 0.717) is 18.6 Å². The van der Waals surface area contributed by atoms with Crippen molar-refractivity contribution in [2.24, 2.45) is 0 Å². The van der Waals surface area contributed by atoms with Gasteiger partial charge in [0.1, 0.15) is 5.78 Å². The van der Waals surface area contributed by atoms with Gasteiger partial charge in [-0.25, -0.2) is 0 Å². The van der Waals surface area contributed by atoms with Crippen molar-refractivity contribution in [2.45, 2.75) is 66.0 Å². The predicted molar refractivity (Wildman–Crippen MR) is 61.5 cm³/mol. The maximum atomic E-state index is 11.1. The van der Waals surface area contributed by atoms with E-state index in [-0.39, 0.29) is 5.78 Å². The Morgan fingerprint density at radius 3 is 2.21 bits per heavy atom. The van der Waals surface area contributed by atoms with E-state index in [1.807, 2.05) is 0 Å². The molecule has 0 bridgehead atoms. The molecule has 0 radical (unpaired) electrons. The maximum absolute atomic E-state index is 11.1. The van der Waals surface area contributed by atoms with E-state index < -0.39 is 0 Å². The van der Waals surface area contributed by atoms with Crippen LogP contribution in [0.3, 0.4) is 0 Å². The molecule has 0 aromatic carbocycles. The lowest BCUT2D eigenvalue weighted by Crippen LogP contribution is -2.41. The number of rotatable bonds is 7. The highest BCUT2D eigenvalue weighted by Crippen LogP contribution is 2.11. The first kappa shape index (κ1) is 13.6. The van der Waals surface area contributed by atoms with Crippen LogP contribution in [0.25, 0.3) is 0 Å². The van der Waals surface area contributed by atoms with E-state index in [1.165, 1.54) is 19.3 Å². The summed E-state index contributed by atoms with van der Waals surface area (Å²) in [6.07, 6.45) is 3.68. The van der Waals surface area contributed by atoms with Crippen molar-refractivity contribution in [3.63, 3.8) is 0 Å². The average molecular weight is 199 g/mol. The summed E-state index contributed by atoms with van der Waals surface area (Å²) in [7, 11) is 0. The van der Waals surface area contributed by atoms with Crippen molar-refractivity contribution in [1.29, 1.82) is 0 Å². The number of hydrogen-bond donors (Lipinski definition) is 0. The number of hydrogen-bond acceptors (Lipinski definition) is 2. The van der Waals surface area contributed by atoms with Crippen molar-refractivity contribution in [1.82, 2.24) is 4.90 Å². The van der Waals surface area contributed by atoms with E-state index in [0.717, 1.165) is 0 Å². The van der Waals surface area contributed by atoms with Crippen LogP contribution in [0.15, 0.2) is 0 Å². The zero-order valence-corrected chi connectivity index (χ0v) is 10.3. The highest BCUT2D eigenvalue weighted by Gasteiger charge is 2.17. The lowest BCUT2D eigenvalue weighted by molar-refractivity contribution is -0.119. The second-order valence-electron chi connectivity index (χ2n) is 4.46. The van der Waals surface area contributed by atoms with E-state index in [4.69, 9.17) is 0 Å². The SMILES string of the molecule is CCCCC(C)N(CC(C)=O)C(C)C. The van der Waals surface area contributed by atoms with Gasteiger partial charge in [-0.3, -0.25) is 9.69 Å². The molecule has 0 aliphatic carbocycles. The maximum Gasteiger partial charge on any atom is 0.143 e. The fraction of sp³-hybridized carbons (Fsp3) is 0.917. The molecule has 2 heteroatoms. The quantitative estimate of drug-likeness (QED) is 0.628. The molecule has 0 heterocycles. The normalized spacial score (nSPS) is 13.6. The number of carbonyl (C=O) groups is 1. The standard InChI is InChI=1S/C12H25NO/c1-6-7-8-11(4)13(10(2)3)9-12(5)14/h10-11H,6-9H2,1-5H3. The minimum absolute atomic E-state index is 0.266. The molecule has 84 valence electrons. The topological polar surface area (TPSA) is 20.3 Å². The molecule has 0 amide bonds. The van der Waals surface area contributed by atoms with E-state index in [1.54, 1.807) is 6.92 Å². The summed E-state index contributed by atoms with van der Waals surface area (Å²) < 4.78 is 0. The van der Waals surface area contributed by atoms with Gasteiger partial charge < -0.3 is 0 Å². The van der Waals surface area contributed by atoms with Crippen LogP contribution in [0.5, 0.6) is 0 Å². The Morgan fingerprint density at radius 2 is 1.86 bits per heavy atom. The Morgan fingerprint density at radius 1 is 1.29 bits per heavy atom. The van der Waals surface area contributed by atoms with Crippen LogP contribution in [0, 0.1) is 0 Å². The molecule has 0 spiro atoms. The first-order valence-electron chi connectivity index (χ1n) is 5.74. The van der Waals surface area contributed by atoms with Crippen molar-refractivity contribution in [2.75, 3.05) is 6.54 Å². The molecule has 0 aliphatic heterocycles. The van der Waals surface area contributed by atoms with Crippen LogP contribution >= 0.6 is 0 Å². The molecule has 0 aromatic rings. The Hall–Kier alpha value is -0.370. The van der Waals surface area contributed by atoms with Gasteiger partial charge in [0, 0.05) is 12.1 Å². The minimum Gasteiger partial charge on any atom is -0.299 e. The van der Waals surface area contributed by atoms with E-state index >= 15 is 0 Å². The summed E-state index contributed by atoms with van der Waals surface area (Å²) >= 11 is 0. The van der Waals surface area contributed by atoms with Crippen LogP contribution in [-0.2, 0) is 4.79 Å². The molecular formula is C12H25NO. The van der Waals surface area contributed by atoms with Gasteiger partial charge in [0.05, 0.1) is 6.54 Å². The Balaban J connectivity index is 4.11. The zero-order valence-electron chi connectivity index (χ0n) is 10.3. The summed E-state index contributed by atoms with van der Waals surface area (Å²) in [5, 5.41) is 0. The number of unbranched alkanes of at least 4 members (excludes halogenated alkanes) is 1. The van der Waals surface area contributed by atoms with Crippen LogP contribution < -0.4 is 0 Å². The summed E-state index contributed by atoms with van der Waals surface area (Å²) in [5.41, 5.74) is 0. The molecule has 14 heavy (non-hydrogen) atoms. The van der Waals surface area contributed by atoms with Gasteiger partial charge >= 0.3 is 0 Å². The van der Waals surface area contributed by atoms with Crippen molar-refractivity contribution >= 4 is 5.78 Å². The zero-order chi connectivity index (χ0) is 11.1. The molecule has 1 unspecified atom stereocenters. The van der Waals surface area contributed by atoms with Crippen LogP contribution in [0.2, 0.25) is 0 Å². The second kappa shape index (κ2) is 6.99. The van der Waals surface area contributed by atoms with Crippen LogP contribution in [0.1, 0.15) is 53.9 Å². The fourth-order valence-corrected chi connectivity index (χ4v) is 1.77. The summed E-state index contributed by atoms with van der Waals surface area (Å²) in [6, 6.07) is 0.990. The second-order valence-corrected chi connectivity index (χ2v) is 4.46. The average Bonchev–Trinajstić information content (AvgIpc) is 2.09. The summed E-state index contributed by atoms with van der Waals surface area (Å²) in [4.78, 5) is 13.4. The molecular weight excluding hydrogens is 174 g/mol. The Labute approximate surface area is 88.7 Å². The number of Topliss-reactive ketones (excluding diaryl/α,β-unsaturated/α-hetero) is 1. The highest BCUT2D eigenvalue weighted by molar-refractivity contribution is 5.77. The fourth-order valence-electron chi connectivity index (χ4n) is 1.77. The van der Waals surface area contributed by atoms with Gasteiger partial charge in [-0.05, 0) is 34.1 Å². The largest absolute Gasteiger partial charge is 0.299 e. The summed E-state index contributed by atoms with van der Waals surface area (Å²) in [6.45, 7) is 11.0. The lowest BCUT2D eigenvalue weighted by Gasteiger charge is -2.31. The summed E-state index contributed by atoms with van der Waals surface area (Å²) in [5.74, 6) is 0.266. The molecule has 0 aromatic heterocycles.